The van der Waals surface area contributed by atoms with Crippen LogP contribution in [0.5, 0.6) is 0 Å². The number of ether oxygens (including phenoxy) is 2. The van der Waals surface area contributed by atoms with Gasteiger partial charge in [-0.15, -0.1) is 0 Å². The number of carbonyl (C=O) groups excluding carboxylic acids is 1. The van der Waals surface area contributed by atoms with Gasteiger partial charge in [-0.05, 0) is 0 Å². The van der Waals surface area contributed by atoms with Gasteiger partial charge in [0.15, 0.2) is 0 Å². The molecule has 0 spiro atoms. The highest BCUT2D eigenvalue weighted by Crippen LogP contribution is 2.05. The summed E-state index contributed by atoms with van der Waals surface area (Å²) in [5, 5.41) is 0. The Hall–Kier alpha value is -0.570. The third kappa shape index (κ3) is 1.20. The lowest BCUT2D eigenvalue weighted by Gasteiger charge is -1.99. The highest BCUT2D eigenvalue weighted by atomic mass is 16.6. The lowest BCUT2D eigenvalue weighted by Crippen LogP contribution is -2.10. The maximum atomic E-state index is 9.56. The highest BCUT2D eigenvalue weighted by Gasteiger charge is 2.15. The van der Waals surface area contributed by atoms with Gasteiger partial charge in [0.1, 0.15) is 6.10 Å². The fourth-order valence-corrected chi connectivity index (χ4v) is 0.674. The van der Waals surface area contributed by atoms with Crippen LogP contribution < -0.4 is 0 Å². The van der Waals surface area contributed by atoms with E-state index in [1.807, 2.05) is 0 Å². The molecular weight excluding hydrogens is 108 g/mol. The molecule has 1 saturated heterocycles. The van der Waals surface area contributed by atoms with Crippen LogP contribution in [0.25, 0.3) is 0 Å². The topological polar surface area (TPSA) is 35.5 Å². The zero-order valence-electron chi connectivity index (χ0n) is 4.42. The molecule has 1 radical (unpaired) electrons. The zero-order chi connectivity index (χ0) is 5.82. The average molecular weight is 115 g/mol. The zero-order valence-corrected chi connectivity index (χ0v) is 4.42. The third-order valence-corrected chi connectivity index (χ3v) is 1.10. The van der Waals surface area contributed by atoms with E-state index in [0.29, 0.717) is 13.2 Å². The third-order valence-electron chi connectivity index (χ3n) is 1.10. The van der Waals surface area contributed by atoms with E-state index in [1.54, 1.807) is 0 Å². The quantitative estimate of drug-likeness (QED) is 0.502. The van der Waals surface area contributed by atoms with Gasteiger partial charge in [0.05, 0.1) is 13.2 Å². The predicted octanol–water partition coefficient (Wildman–Crippen LogP) is -0.141. The Morgan fingerprint density at radius 2 is 2.62 bits per heavy atom. The minimum atomic E-state index is -0.0347. The van der Waals surface area contributed by atoms with Crippen LogP contribution in [0.3, 0.4) is 0 Å². The molecular formula is C5H7O3. The Morgan fingerprint density at radius 1 is 1.75 bits per heavy atom. The molecule has 1 heterocycles. The maximum absolute atomic E-state index is 9.56. The maximum Gasteiger partial charge on any atom is 0.417 e. The molecule has 0 unspecified atom stereocenters. The molecule has 0 aliphatic carbocycles. The van der Waals surface area contributed by atoms with Crippen molar-refractivity contribution in [2.45, 2.75) is 12.5 Å². The van der Waals surface area contributed by atoms with Gasteiger partial charge in [-0.1, -0.05) is 0 Å². The van der Waals surface area contributed by atoms with Crippen molar-refractivity contribution in [3.8, 4) is 0 Å². The molecule has 1 rings (SSSR count). The van der Waals surface area contributed by atoms with Gasteiger partial charge >= 0.3 is 6.47 Å². The first kappa shape index (κ1) is 5.56. The van der Waals surface area contributed by atoms with Crippen molar-refractivity contribution in [3.63, 3.8) is 0 Å². The first-order valence-corrected chi connectivity index (χ1v) is 2.54. The summed E-state index contributed by atoms with van der Waals surface area (Å²) in [5.74, 6) is 0. The lowest BCUT2D eigenvalue weighted by atomic mass is 10.3. The van der Waals surface area contributed by atoms with E-state index >= 15 is 0 Å². The standard InChI is InChI=1S/C5H7O3/c6-4-8-5-1-2-7-3-5/h5H,1-3H2/t5-/m1/s1. The van der Waals surface area contributed by atoms with Crippen molar-refractivity contribution in [3.05, 3.63) is 0 Å². The van der Waals surface area contributed by atoms with Crippen LogP contribution in [0.2, 0.25) is 0 Å². The molecule has 0 aromatic heterocycles. The summed E-state index contributed by atoms with van der Waals surface area (Å²) in [6.07, 6.45) is 0.780. The van der Waals surface area contributed by atoms with Gasteiger partial charge in [0.25, 0.3) is 0 Å². The van der Waals surface area contributed by atoms with Crippen LogP contribution >= 0.6 is 0 Å². The Bertz CT molecular complexity index is 75.7. The highest BCUT2D eigenvalue weighted by molar-refractivity contribution is 5.38. The second-order valence-corrected chi connectivity index (χ2v) is 1.69. The van der Waals surface area contributed by atoms with E-state index in [9.17, 15) is 4.79 Å². The summed E-state index contributed by atoms with van der Waals surface area (Å²) in [6.45, 7) is 2.62. The van der Waals surface area contributed by atoms with Gasteiger partial charge in [-0.25, -0.2) is 4.79 Å². The summed E-state index contributed by atoms with van der Waals surface area (Å²) in [4.78, 5) is 9.56. The molecule has 0 saturated carbocycles. The molecule has 1 fully saturated rings. The van der Waals surface area contributed by atoms with Gasteiger partial charge in [-0.3, -0.25) is 0 Å². The van der Waals surface area contributed by atoms with E-state index in [0.717, 1.165) is 6.42 Å². The van der Waals surface area contributed by atoms with Crippen molar-refractivity contribution in [1.82, 2.24) is 0 Å². The molecule has 1 aliphatic heterocycles. The van der Waals surface area contributed by atoms with E-state index in [2.05, 4.69) is 4.74 Å². The summed E-state index contributed by atoms with van der Waals surface area (Å²) in [7, 11) is 0. The van der Waals surface area contributed by atoms with E-state index in [1.165, 1.54) is 6.47 Å². The van der Waals surface area contributed by atoms with Crippen LogP contribution in [0, 0.1) is 0 Å². The fourth-order valence-electron chi connectivity index (χ4n) is 0.674. The molecule has 3 heteroatoms. The number of hydrogen-bond acceptors (Lipinski definition) is 3. The van der Waals surface area contributed by atoms with Gasteiger partial charge in [0, 0.05) is 6.42 Å². The lowest BCUT2D eigenvalue weighted by molar-refractivity contribution is 0.130. The van der Waals surface area contributed by atoms with Crippen LogP contribution in [0.4, 0.5) is 0 Å². The Morgan fingerprint density at radius 3 is 3.12 bits per heavy atom. The molecule has 8 heavy (non-hydrogen) atoms. The van der Waals surface area contributed by atoms with E-state index in [4.69, 9.17) is 4.74 Å². The van der Waals surface area contributed by atoms with Gasteiger partial charge in [0.2, 0.25) is 0 Å². The van der Waals surface area contributed by atoms with Gasteiger partial charge in [-0.2, -0.15) is 0 Å². The second-order valence-electron chi connectivity index (χ2n) is 1.69. The van der Waals surface area contributed by atoms with Crippen molar-refractivity contribution in [2.75, 3.05) is 13.2 Å². The molecule has 45 valence electrons. The van der Waals surface area contributed by atoms with E-state index < -0.39 is 0 Å². The largest absolute Gasteiger partial charge is 0.451 e. The Kier molecular flexibility index (Phi) is 1.86. The Balaban J connectivity index is 2.14. The van der Waals surface area contributed by atoms with Crippen LogP contribution in [0.15, 0.2) is 0 Å². The molecule has 0 aromatic rings. The van der Waals surface area contributed by atoms with E-state index in [-0.39, 0.29) is 6.10 Å². The summed E-state index contributed by atoms with van der Waals surface area (Å²) < 4.78 is 9.38. The summed E-state index contributed by atoms with van der Waals surface area (Å²) >= 11 is 0. The minimum absolute atomic E-state index is 0.0347. The molecule has 0 bridgehead atoms. The molecule has 0 aromatic carbocycles. The van der Waals surface area contributed by atoms with Crippen LogP contribution in [0.1, 0.15) is 6.42 Å². The molecule has 1 atom stereocenters. The fraction of sp³-hybridized carbons (Fsp3) is 0.800. The first-order chi connectivity index (χ1) is 3.93. The minimum Gasteiger partial charge on any atom is -0.451 e. The second kappa shape index (κ2) is 2.67. The first-order valence-electron chi connectivity index (χ1n) is 2.54. The number of hydrogen-bond donors (Lipinski definition) is 0. The normalized spacial score (nSPS) is 27.8. The van der Waals surface area contributed by atoms with Crippen LogP contribution in [-0.4, -0.2) is 25.8 Å². The molecule has 0 N–H and O–H groups in total. The van der Waals surface area contributed by atoms with Crippen molar-refractivity contribution in [2.24, 2.45) is 0 Å². The average Bonchev–Trinajstić information content (AvgIpc) is 2.19. The predicted molar refractivity (Wildman–Crippen MR) is 26.0 cm³/mol. The number of rotatable bonds is 2. The smallest absolute Gasteiger partial charge is 0.417 e. The van der Waals surface area contributed by atoms with Gasteiger partial charge < -0.3 is 9.47 Å². The Labute approximate surface area is 47.6 Å². The summed E-state index contributed by atoms with van der Waals surface area (Å²) in [5.41, 5.74) is 0. The molecule has 1 aliphatic rings. The monoisotopic (exact) mass is 115 g/mol. The van der Waals surface area contributed by atoms with Crippen LogP contribution in [-0.2, 0) is 14.3 Å². The summed E-state index contributed by atoms with van der Waals surface area (Å²) in [6, 6.07) is 0. The SMILES string of the molecule is O=[C]O[C@@H]1CCOC1. The molecule has 3 nitrogen and oxygen atoms in total. The van der Waals surface area contributed by atoms with Crippen molar-refractivity contribution >= 4 is 6.47 Å². The van der Waals surface area contributed by atoms with Crippen molar-refractivity contribution in [1.29, 1.82) is 0 Å². The van der Waals surface area contributed by atoms with Crippen molar-refractivity contribution < 1.29 is 14.3 Å². The molecule has 0 amide bonds.